The van der Waals surface area contributed by atoms with Crippen LogP contribution < -0.4 is 10.5 Å². The van der Waals surface area contributed by atoms with Crippen molar-refractivity contribution in [2.45, 2.75) is 11.6 Å². The SMILES string of the molecule is NCc1ccc(S(=O)(=O)Nc2ccccc2)nc1. The van der Waals surface area contributed by atoms with Crippen molar-refractivity contribution in [3.8, 4) is 0 Å². The van der Waals surface area contributed by atoms with Gasteiger partial charge in [-0.15, -0.1) is 0 Å². The third kappa shape index (κ3) is 2.85. The zero-order valence-electron chi connectivity index (χ0n) is 9.58. The van der Waals surface area contributed by atoms with E-state index in [2.05, 4.69) is 9.71 Å². The normalized spacial score (nSPS) is 11.2. The number of pyridine rings is 1. The molecular weight excluding hydrogens is 250 g/mol. The number of para-hydroxylation sites is 1. The maximum Gasteiger partial charge on any atom is 0.279 e. The zero-order chi connectivity index (χ0) is 13.0. The van der Waals surface area contributed by atoms with Crippen LogP contribution in [0.4, 0.5) is 5.69 Å². The topological polar surface area (TPSA) is 85.1 Å². The molecule has 0 unspecified atom stereocenters. The minimum atomic E-state index is -3.64. The predicted molar refractivity (Wildman–Crippen MR) is 69.4 cm³/mol. The first kappa shape index (κ1) is 12.5. The number of benzene rings is 1. The van der Waals surface area contributed by atoms with Gasteiger partial charge >= 0.3 is 0 Å². The van der Waals surface area contributed by atoms with Crippen LogP contribution >= 0.6 is 0 Å². The van der Waals surface area contributed by atoms with Crippen LogP contribution in [0.25, 0.3) is 0 Å². The van der Waals surface area contributed by atoms with Gasteiger partial charge in [0.15, 0.2) is 5.03 Å². The van der Waals surface area contributed by atoms with Crippen molar-refractivity contribution in [1.82, 2.24) is 4.98 Å². The Morgan fingerprint density at radius 1 is 1.11 bits per heavy atom. The molecule has 0 bridgehead atoms. The quantitative estimate of drug-likeness (QED) is 0.871. The molecule has 0 radical (unpaired) electrons. The molecule has 1 aromatic heterocycles. The average molecular weight is 263 g/mol. The molecule has 0 aliphatic carbocycles. The summed E-state index contributed by atoms with van der Waals surface area (Å²) < 4.78 is 26.4. The van der Waals surface area contributed by atoms with E-state index in [0.717, 1.165) is 5.56 Å². The molecule has 0 fully saturated rings. The fraction of sp³-hybridized carbons (Fsp3) is 0.0833. The Labute approximate surface area is 106 Å². The lowest BCUT2D eigenvalue weighted by Crippen LogP contribution is -2.14. The van der Waals surface area contributed by atoms with Crippen LogP contribution in [0.1, 0.15) is 5.56 Å². The standard InChI is InChI=1S/C12H13N3O2S/c13-8-10-6-7-12(14-9-10)18(16,17)15-11-4-2-1-3-5-11/h1-7,9,15H,8,13H2. The molecule has 0 aliphatic rings. The van der Waals surface area contributed by atoms with E-state index in [-0.39, 0.29) is 5.03 Å². The van der Waals surface area contributed by atoms with Crippen LogP contribution in [0.3, 0.4) is 0 Å². The lowest BCUT2D eigenvalue weighted by atomic mass is 10.3. The number of nitrogens with zero attached hydrogens (tertiary/aromatic N) is 1. The van der Waals surface area contributed by atoms with Crippen LogP contribution in [0, 0.1) is 0 Å². The maximum absolute atomic E-state index is 12.0. The maximum atomic E-state index is 12.0. The molecule has 3 N–H and O–H groups in total. The monoisotopic (exact) mass is 263 g/mol. The van der Waals surface area contributed by atoms with Crippen molar-refractivity contribution in [2.75, 3.05) is 4.72 Å². The van der Waals surface area contributed by atoms with E-state index in [1.807, 2.05) is 6.07 Å². The van der Waals surface area contributed by atoms with E-state index in [1.165, 1.54) is 12.3 Å². The van der Waals surface area contributed by atoms with Crippen LogP contribution in [0.2, 0.25) is 0 Å². The molecule has 18 heavy (non-hydrogen) atoms. The van der Waals surface area contributed by atoms with Gasteiger partial charge in [-0.2, -0.15) is 8.42 Å². The van der Waals surface area contributed by atoms with Gasteiger partial charge in [-0.25, -0.2) is 4.98 Å². The van der Waals surface area contributed by atoms with E-state index in [9.17, 15) is 8.42 Å². The van der Waals surface area contributed by atoms with Crippen LogP contribution in [0.15, 0.2) is 53.7 Å². The molecule has 0 amide bonds. The summed E-state index contributed by atoms with van der Waals surface area (Å²) >= 11 is 0. The molecule has 2 rings (SSSR count). The molecule has 0 saturated heterocycles. The lowest BCUT2D eigenvalue weighted by molar-refractivity contribution is 0.597. The Balaban J connectivity index is 2.25. The van der Waals surface area contributed by atoms with Gasteiger partial charge in [-0.05, 0) is 23.8 Å². The van der Waals surface area contributed by atoms with Crippen molar-refractivity contribution in [3.63, 3.8) is 0 Å². The van der Waals surface area contributed by atoms with Crippen molar-refractivity contribution < 1.29 is 8.42 Å². The van der Waals surface area contributed by atoms with E-state index in [4.69, 9.17) is 5.73 Å². The minimum absolute atomic E-state index is 0.0245. The van der Waals surface area contributed by atoms with Gasteiger partial charge in [-0.1, -0.05) is 24.3 Å². The highest BCUT2D eigenvalue weighted by Crippen LogP contribution is 2.13. The van der Waals surface area contributed by atoms with E-state index in [1.54, 1.807) is 30.3 Å². The van der Waals surface area contributed by atoms with Crippen LogP contribution in [0.5, 0.6) is 0 Å². The van der Waals surface area contributed by atoms with Crippen molar-refractivity contribution in [2.24, 2.45) is 5.73 Å². The highest BCUT2D eigenvalue weighted by molar-refractivity contribution is 7.92. The highest BCUT2D eigenvalue weighted by Gasteiger charge is 2.15. The number of sulfonamides is 1. The van der Waals surface area contributed by atoms with Crippen molar-refractivity contribution in [3.05, 3.63) is 54.2 Å². The molecule has 1 heterocycles. The summed E-state index contributed by atoms with van der Waals surface area (Å²) in [5.41, 5.74) is 6.72. The lowest BCUT2D eigenvalue weighted by Gasteiger charge is -2.07. The minimum Gasteiger partial charge on any atom is -0.326 e. The highest BCUT2D eigenvalue weighted by atomic mass is 32.2. The number of rotatable bonds is 4. The first-order valence-electron chi connectivity index (χ1n) is 5.35. The van der Waals surface area contributed by atoms with Crippen molar-refractivity contribution in [1.29, 1.82) is 0 Å². The zero-order valence-corrected chi connectivity index (χ0v) is 10.4. The summed E-state index contributed by atoms with van der Waals surface area (Å²) in [5.74, 6) is 0. The van der Waals surface area contributed by atoms with Gasteiger partial charge in [0.1, 0.15) is 0 Å². The Kier molecular flexibility index (Phi) is 3.59. The van der Waals surface area contributed by atoms with Gasteiger partial charge in [0, 0.05) is 18.4 Å². The predicted octanol–water partition coefficient (Wildman–Crippen LogP) is 1.34. The van der Waals surface area contributed by atoms with Gasteiger partial charge < -0.3 is 5.73 Å². The Bertz CT molecular complexity index is 610. The molecule has 94 valence electrons. The molecule has 1 aromatic carbocycles. The second-order valence-electron chi connectivity index (χ2n) is 3.68. The summed E-state index contributed by atoms with van der Waals surface area (Å²) in [6.45, 7) is 0.333. The summed E-state index contributed by atoms with van der Waals surface area (Å²) in [6, 6.07) is 11.7. The number of hydrogen-bond donors (Lipinski definition) is 2. The van der Waals surface area contributed by atoms with Crippen molar-refractivity contribution >= 4 is 15.7 Å². The average Bonchev–Trinajstić information content (AvgIpc) is 2.39. The molecule has 2 aromatic rings. The molecule has 6 heteroatoms. The van der Waals surface area contributed by atoms with Gasteiger partial charge in [-0.3, -0.25) is 4.72 Å². The molecular formula is C12H13N3O2S. The van der Waals surface area contributed by atoms with Gasteiger partial charge in [0.25, 0.3) is 10.0 Å². The van der Waals surface area contributed by atoms with Gasteiger partial charge in [0.2, 0.25) is 0 Å². The number of anilines is 1. The molecule has 0 saturated carbocycles. The second-order valence-corrected chi connectivity index (χ2v) is 5.31. The second kappa shape index (κ2) is 5.16. The summed E-state index contributed by atoms with van der Waals surface area (Å²) in [6.07, 6.45) is 1.46. The molecule has 0 aliphatic heterocycles. The Morgan fingerprint density at radius 2 is 1.83 bits per heavy atom. The smallest absolute Gasteiger partial charge is 0.279 e. The Hall–Kier alpha value is -1.92. The van der Waals surface area contributed by atoms with Crippen LogP contribution in [-0.4, -0.2) is 13.4 Å². The number of aromatic nitrogens is 1. The van der Waals surface area contributed by atoms with E-state index in [0.29, 0.717) is 12.2 Å². The summed E-state index contributed by atoms with van der Waals surface area (Å²) in [7, 11) is -3.64. The molecule has 0 spiro atoms. The number of nitrogens with two attached hydrogens (primary N) is 1. The van der Waals surface area contributed by atoms with Gasteiger partial charge in [0.05, 0.1) is 0 Å². The number of nitrogens with one attached hydrogen (secondary N) is 1. The molecule has 5 nitrogen and oxygen atoms in total. The molecule has 0 atom stereocenters. The third-order valence-corrected chi connectivity index (χ3v) is 3.63. The summed E-state index contributed by atoms with van der Waals surface area (Å²) in [4.78, 5) is 3.89. The summed E-state index contributed by atoms with van der Waals surface area (Å²) in [5, 5.41) is -0.0245. The largest absolute Gasteiger partial charge is 0.326 e. The van der Waals surface area contributed by atoms with E-state index >= 15 is 0 Å². The first-order chi connectivity index (χ1) is 8.62. The fourth-order valence-electron chi connectivity index (χ4n) is 1.40. The number of hydrogen-bond acceptors (Lipinski definition) is 4. The first-order valence-corrected chi connectivity index (χ1v) is 6.83. The Morgan fingerprint density at radius 3 is 2.39 bits per heavy atom. The van der Waals surface area contributed by atoms with E-state index < -0.39 is 10.0 Å². The third-order valence-electron chi connectivity index (χ3n) is 2.33. The fourth-order valence-corrected chi connectivity index (χ4v) is 2.39. The van der Waals surface area contributed by atoms with Crippen LogP contribution in [-0.2, 0) is 16.6 Å².